The number of quaternary nitrogens is 1. The number of imide groups is 2. The number of aliphatic hydroxyl groups excluding tert-OH is 1. The van der Waals surface area contributed by atoms with Crippen molar-refractivity contribution in [3.63, 3.8) is 0 Å². The van der Waals surface area contributed by atoms with E-state index >= 15 is 0 Å². The molecule has 4 aliphatic heterocycles. The normalized spacial score (nSPS) is 23.3. The highest BCUT2D eigenvalue weighted by Gasteiger charge is 2.55. The molecule has 14 heteroatoms. The molecular formula is C24H44N7O7+. The third-order valence-electron chi connectivity index (χ3n) is 6.36. The van der Waals surface area contributed by atoms with Gasteiger partial charge in [-0.2, -0.15) is 0 Å². The molecule has 4 fully saturated rings. The number of rotatable bonds is 8. The van der Waals surface area contributed by atoms with Crippen LogP contribution in [0, 0.1) is 0 Å². The van der Waals surface area contributed by atoms with Crippen molar-refractivity contribution in [3.05, 3.63) is 0 Å². The zero-order chi connectivity index (χ0) is 28.7. The lowest BCUT2D eigenvalue weighted by molar-refractivity contribution is -0.367. The van der Waals surface area contributed by atoms with Gasteiger partial charge in [-0.1, -0.05) is 0 Å². The van der Waals surface area contributed by atoms with Crippen LogP contribution in [0.3, 0.4) is 0 Å². The quantitative estimate of drug-likeness (QED) is 0.133. The Bertz CT molecular complexity index is 795. The van der Waals surface area contributed by atoms with Crippen molar-refractivity contribution >= 4 is 35.4 Å². The van der Waals surface area contributed by atoms with Crippen molar-refractivity contribution < 1.29 is 39.6 Å². The largest absolute Gasteiger partial charge is 0.400 e. The summed E-state index contributed by atoms with van der Waals surface area (Å²) in [5, 5.41) is 18.4. The molecule has 0 radical (unpaired) electrons. The Morgan fingerprint density at radius 1 is 0.842 bits per heavy atom. The van der Waals surface area contributed by atoms with Crippen molar-refractivity contribution in [2.24, 2.45) is 0 Å². The van der Waals surface area contributed by atoms with Crippen LogP contribution in [0.5, 0.6) is 0 Å². The molecule has 38 heavy (non-hydrogen) atoms. The lowest BCUT2D eigenvalue weighted by Crippen LogP contribution is -2.62. The number of amides is 6. The summed E-state index contributed by atoms with van der Waals surface area (Å²) in [6, 6.07) is -1.76. The fraction of sp³-hybridized carbons (Fsp3) is 0.750. The molecule has 0 aromatic heterocycles. The summed E-state index contributed by atoms with van der Waals surface area (Å²) >= 11 is 0. The van der Waals surface area contributed by atoms with Gasteiger partial charge < -0.3 is 32.1 Å². The fourth-order valence-electron chi connectivity index (χ4n) is 4.42. The molecule has 14 nitrogen and oxygen atoms in total. The second-order valence-electron chi connectivity index (χ2n) is 9.03. The summed E-state index contributed by atoms with van der Waals surface area (Å²) in [4.78, 5) is 71.2. The van der Waals surface area contributed by atoms with Gasteiger partial charge in [0.25, 0.3) is 11.8 Å². The van der Waals surface area contributed by atoms with Crippen molar-refractivity contribution in [2.75, 3.05) is 47.4 Å². The van der Waals surface area contributed by atoms with E-state index in [1.165, 1.54) is 6.42 Å². The van der Waals surface area contributed by atoms with E-state index < -0.39 is 12.1 Å². The molecule has 3 unspecified atom stereocenters. The smallest absolute Gasteiger partial charge is 0.253 e. The lowest BCUT2D eigenvalue weighted by Gasteiger charge is -2.36. The van der Waals surface area contributed by atoms with Crippen LogP contribution < -0.4 is 27.0 Å². The fourth-order valence-corrected chi connectivity index (χ4v) is 4.42. The second-order valence-corrected chi connectivity index (χ2v) is 9.03. The highest BCUT2D eigenvalue weighted by molar-refractivity contribution is 6.14. The van der Waals surface area contributed by atoms with Crippen LogP contribution in [0.25, 0.3) is 0 Å². The zero-order valence-electron chi connectivity index (χ0n) is 22.7. The van der Waals surface area contributed by atoms with Crippen LogP contribution in [0.1, 0.15) is 51.4 Å². The minimum Gasteiger partial charge on any atom is -0.400 e. The molecule has 0 aliphatic carbocycles. The Morgan fingerprint density at radius 2 is 1.34 bits per heavy atom. The van der Waals surface area contributed by atoms with E-state index in [9.17, 15) is 28.8 Å². The molecule has 0 saturated carbocycles. The minimum atomic E-state index is -0.724. The molecule has 216 valence electrons. The second kappa shape index (κ2) is 17.5. The maximum absolute atomic E-state index is 11.9. The molecule has 3 atom stereocenters. The molecule has 0 spiro atoms. The van der Waals surface area contributed by atoms with Crippen LogP contribution in [-0.4, -0.2) is 116 Å². The first-order valence-electron chi connectivity index (χ1n) is 13.1. The Balaban J connectivity index is 0.000000301. The van der Waals surface area contributed by atoms with E-state index in [-0.39, 0.29) is 54.3 Å². The number of fused-ring (bicyclic) bond motifs is 2. The van der Waals surface area contributed by atoms with Gasteiger partial charge in [-0.15, -0.1) is 0 Å². The van der Waals surface area contributed by atoms with Gasteiger partial charge in [0.2, 0.25) is 23.6 Å². The van der Waals surface area contributed by atoms with Crippen LogP contribution in [-0.2, 0) is 28.8 Å². The summed E-state index contributed by atoms with van der Waals surface area (Å²) in [5.41, 5.74) is 3.68. The van der Waals surface area contributed by atoms with Gasteiger partial charge in [-0.3, -0.25) is 38.6 Å². The summed E-state index contributed by atoms with van der Waals surface area (Å²) in [7, 11) is 4.83. The van der Waals surface area contributed by atoms with Gasteiger partial charge in [-0.05, 0) is 46.3 Å². The van der Waals surface area contributed by atoms with Crippen LogP contribution in [0.2, 0.25) is 0 Å². The van der Waals surface area contributed by atoms with E-state index in [2.05, 4.69) is 27.0 Å². The Kier molecular flexibility index (Phi) is 15.3. The molecule has 4 saturated heterocycles. The van der Waals surface area contributed by atoms with Crippen molar-refractivity contribution in [1.82, 2.24) is 31.1 Å². The molecule has 4 aliphatic rings. The van der Waals surface area contributed by atoms with Crippen LogP contribution >= 0.6 is 0 Å². The monoisotopic (exact) mass is 542 g/mol. The molecule has 0 aromatic rings. The average Bonchev–Trinajstić information content (AvgIpc) is 3.64. The summed E-state index contributed by atoms with van der Waals surface area (Å²) in [6.45, 7) is 3.69. The number of nitrogens with zero attached hydrogens (tertiary/aromatic N) is 2. The van der Waals surface area contributed by atoms with Crippen molar-refractivity contribution in [2.45, 2.75) is 69.5 Å². The molecular weight excluding hydrogens is 498 g/mol. The molecule has 4 rings (SSSR count). The van der Waals surface area contributed by atoms with Gasteiger partial charge in [0.05, 0.1) is 6.54 Å². The third-order valence-corrected chi connectivity index (χ3v) is 6.36. The number of hydrogen-bond donors (Lipinski definition) is 6. The summed E-state index contributed by atoms with van der Waals surface area (Å²) in [5.74, 6) is -1.42. The maximum atomic E-state index is 11.9. The molecule has 8 N–H and O–H groups in total. The average molecular weight is 543 g/mol. The number of aliphatic hydroxyl groups is 1. The van der Waals surface area contributed by atoms with E-state index in [4.69, 9.17) is 5.11 Å². The van der Waals surface area contributed by atoms with Crippen LogP contribution in [0.4, 0.5) is 0 Å². The topological polar surface area (TPSA) is 205 Å². The third kappa shape index (κ3) is 9.11. The van der Waals surface area contributed by atoms with Crippen molar-refractivity contribution in [1.29, 1.82) is 0 Å². The first-order chi connectivity index (χ1) is 18.3. The molecule has 4 heterocycles. The van der Waals surface area contributed by atoms with Crippen molar-refractivity contribution in [3.8, 4) is 0 Å². The van der Waals surface area contributed by atoms with Gasteiger partial charge in [0, 0.05) is 45.9 Å². The number of carbonyl (C=O) groups excluding carboxylic acids is 6. The Morgan fingerprint density at radius 3 is 1.74 bits per heavy atom. The van der Waals surface area contributed by atoms with Crippen LogP contribution in [0.15, 0.2) is 0 Å². The SMILES string of the molecule is CNCCCNC(=O)C1CCC(=O)N1.CNCCC[NH3+].CO.O=C1CCC2C(=O)N3C(=O)CCC3C(=O)N12. The lowest BCUT2D eigenvalue weighted by atomic mass is 10.1. The maximum Gasteiger partial charge on any atom is 0.253 e. The summed E-state index contributed by atoms with van der Waals surface area (Å²) < 4.78 is 0. The van der Waals surface area contributed by atoms with E-state index in [1.807, 2.05) is 14.1 Å². The molecule has 0 bridgehead atoms. The summed E-state index contributed by atoms with van der Waals surface area (Å²) in [6.07, 6.45) is 4.32. The van der Waals surface area contributed by atoms with E-state index in [0.717, 1.165) is 43.0 Å². The number of nitrogens with one attached hydrogen (secondary N) is 4. The van der Waals surface area contributed by atoms with Gasteiger partial charge in [0.15, 0.2) is 0 Å². The predicted molar refractivity (Wildman–Crippen MR) is 137 cm³/mol. The molecule has 0 aromatic carbocycles. The van der Waals surface area contributed by atoms with E-state index in [0.29, 0.717) is 32.2 Å². The minimum absolute atomic E-state index is 0.0274. The Hall–Kier alpha value is -2.94. The first-order valence-corrected chi connectivity index (χ1v) is 13.1. The standard InChI is InChI=1S/C10H10N2O4.C9H17N3O2.C4H12N2.CH4O/c13-7-3-1-5-9(15)12-6(2-4-8(12)14)10(16)11(5)7;1-10-5-2-6-11-9(14)7-3-4-8(13)12-7;1-6-4-2-3-5;1-2/h5-6H,1-4H2;7,10H,2-6H2,1H3,(H,11,14)(H,12,13);6H,2-5H2,1H3;2H,1H3/p+1. The number of hydrogen-bond acceptors (Lipinski definition) is 9. The highest BCUT2D eigenvalue weighted by atomic mass is 16.2. The Labute approximate surface area is 223 Å². The first kappa shape index (κ1) is 33.1. The predicted octanol–water partition coefficient (Wildman–Crippen LogP) is -3.53. The molecule has 6 amide bonds. The van der Waals surface area contributed by atoms with Gasteiger partial charge in [-0.25, -0.2) is 0 Å². The number of piperazine rings is 1. The van der Waals surface area contributed by atoms with Gasteiger partial charge in [0.1, 0.15) is 18.1 Å². The zero-order valence-corrected chi connectivity index (χ0v) is 22.7. The number of carbonyl (C=O) groups is 6. The highest BCUT2D eigenvalue weighted by Crippen LogP contribution is 2.33. The van der Waals surface area contributed by atoms with E-state index in [1.54, 1.807) is 0 Å². The van der Waals surface area contributed by atoms with Gasteiger partial charge >= 0.3 is 0 Å².